The Labute approximate surface area is 143 Å². The van der Waals surface area contributed by atoms with Crippen LogP contribution in [0.2, 0.25) is 0 Å². The summed E-state index contributed by atoms with van der Waals surface area (Å²) in [6.07, 6.45) is 5.64. The zero-order chi connectivity index (χ0) is 16.1. The Hall–Kier alpha value is -1.52. The van der Waals surface area contributed by atoms with Gasteiger partial charge in [-0.2, -0.15) is 0 Å². The van der Waals surface area contributed by atoms with Crippen molar-refractivity contribution in [2.45, 2.75) is 32.1 Å². The maximum absolute atomic E-state index is 13.9. The van der Waals surface area contributed by atoms with Crippen molar-refractivity contribution < 1.29 is 4.57 Å². The van der Waals surface area contributed by atoms with Gasteiger partial charge in [0.25, 0.3) is 0 Å². The van der Waals surface area contributed by atoms with Crippen molar-refractivity contribution in [3.63, 3.8) is 0 Å². The van der Waals surface area contributed by atoms with E-state index in [1.807, 2.05) is 60.7 Å². The van der Waals surface area contributed by atoms with E-state index in [-0.39, 0.29) is 0 Å². The maximum Gasteiger partial charge on any atom is 0.189 e. The fourth-order valence-electron chi connectivity index (χ4n) is 2.98. The number of benzene rings is 2. The summed E-state index contributed by atoms with van der Waals surface area (Å²) in [5.41, 5.74) is 4.49. The van der Waals surface area contributed by atoms with Gasteiger partial charge in [0.15, 0.2) is 7.14 Å². The molecular weight excluding hydrogens is 323 g/mol. The standard InChI is InChI=1S/C20H20ClOP/c21-20(16-17-10-4-1-5-11-17)23(22,18-12-6-2-7-13-18)19-14-8-3-9-15-19/h2-3,6-9,12-15H,1,4-5,10-11H2. The molecule has 0 amide bonds. The molecule has 3 heteroatoms. The smallest absolute Gasteiger partial charge is 0.189 e. The van der Waals surface area contributed by atoms with Crippen molar-refractivity contribution in [3.8, 4) is 0 Å². The van der Waals surface area contributed by atoms with Gasteiger partial charge in [-0.15, -0.1) is 0 Å². The molecule has 1 nitrogen and oxygen atoms in total. The summed E-state index contributed by atoms with van der Waals surface area (Å²) < 4.78 is 14.3. The minimum absolute atomic E-state index is 0.354. The number of rotatable bonds is 3. The van der Waals surface area contributed by atoms with E-state index in [0.29, 0.717) is 4.77 Å². The number of hydrogen-bond acceptors (Lipinski definition) is 1. The van der Waals surface area contributed by atoms with Gasteiger partial charge in [0.05, 0.1) is 0 Å². The molecule has 23 heavy (non-hydrogen) atoms. The predicted octanol–water partition coefficient (Wildman–Crippen LogP) is 5.57. The molecule has 0 aromatic heterocycles. The molecular formula is C20H20ClOP. The van der Waals surface area contributed by atoms with Crippen molar-refractivity contribution in [1.29, 1.82) is 0 Å². The second kappa shape index (κ2) is 7.37. The number of hydrogen-bond donors (Lipinski definition) is 0. The summed E-state index contributed by atoms with van der Waals surface area (Å²) >= 11 is 6.61. The quantitative estimate of drug-likeness (QED) is 0.526. The highest BCUT2D eigenvalue weighted by Crippen LogP contribution is 2.53. The molecule has 1 aliphatic rings. The molecule has 1 saturated carbocycles. The van der Waals surface area contributed by atoms with E-state index in [9.17, 15) is 4.57 Å². The molecule has 0 saturated heterocycles. The van der Waals surface area contributed by atoms with Crippen molar-refractivity contribution in [2.75, 3.05) is 0 Å². The van der Waals surface area contributed by atoms with Gasteiger partial charge in [0, 0.05) is 10.6 Å². The first-order chi connectivity index (χ1) is 11.2. The molecule has 0 unspecified atom stereocenters. The van der Waals surface area contributed by atoms with Gasteiger partial charge in [-0.25, -0.2) is 0 Å². The van der Waals surface area contributed by atoms with E-state index in [4.69, 9.17) is 11.6 Å². The van der Waals surface area contributed by atoms with Crippen LogP contribution in [0.5, 0.6) is 0 Å². The molecule has 0 spiro atoms. The Balaban J connectivity index is 2.17. The first kappa shape index (κ1) is 16.3. The second-order valence-electron chi connectivity index (χ2n) is 5.86. The molecule has 0 N–H and O–H groups in total. The van der Waals surface area contributed by atoms with E-state index in [0.717, 1.165) is 23.5 Å². The Bertz CT molecular complexity index is 722. The third-order valence-corrected chi connectivity index (χ3v) is 7.78. The van der Waals surface area contributed by atoms with Crippen molar-refractivity contribution in [2.24, 2.45) is 0 Å². The molecule has 0 bridgehead atoms. The van der Waals surface area contributed by atoms with Crippen LogP contribution in [0.25, 0.3) is 0 Å². The molecule has 0 heterocycles. The lowest BCUT2D eigenvalue weighted by Crippen LogP contribution is -2.15. The van der Waals surface area contributed by atoms with E-state index in [2.05, 4.69) is 5.73 Å². The number of halogens is 1. The fraction of sp³-hybridized carbons (Fsp3) is 0.250. The average Bonchev–Trinajstić information content (AvgIpc) is 2.63. The van der Waals surface area contributed by atoms with Gasteiger partial charge >= 0.3 is 0 Å². The van der Waals surface area contributed by atoms with Gasteiger partial charge in [-0.1, -0.05) is 84.4 Å². The van der Waals surface area contributed by atoms with E-state index >= 15 is 0 Å². The van der Waals surface area contributed by atoms with E-state index in [1.165, 1.54) is 24.8 Å². The largest absolute Gasteiger partial charge is 0.307 e. The molecule has 118 valence electrons. The normalized spacial score (nSPS) is 15.1. The lowest BCUT2D eigenvalue weighted by atomic mass is 9.96. The monoisotopic (exact) mass is 342 g/mol. The Morgan fingerprint density at radius 3 is 1.78 bits per heavy atom. The van der Waals surface area contributed by atoms with Crippen molar-refractivity contribution in [1.82, 2.24) is 0 Å². The lowest BCUT2D eigenvalue weighted by molar-refractivity contribution is 0.591. The van der Waals surface area contributed by atoms with Gasteiger partial charge < -0.3 is 4.57 Å². The Kier molecular flexibility index (Phi) is 5.23. The topological polar surface area (TPSA) is 17.1 Å². The summed E-state index contributed by atoms with van der Waals surface area (Å²) in [5.74, 6) is 0. The molecule has 2 aromatic carbocycles. The Morgan fingerprint density at radius 2 is 1.30 bits per heavy atom. The molecule has 3 rings (SSSR count). The molecule has 1 fully saturated rings. The highest BCUT2D eigenvalue weighted by molar-refractivity contribution is 7.84. The highest BCUT2D eigenvalue weighted by Gasteiger charge is 2.31. The van der Waals surface area contributed by atoms with Crippen LogP contribution in [0, 0.1) is 0 Å². The van der Waals surface area contributed by atoms with Gasteiger partial charge in [0.2, 0.25) is 0 Å². The Morgan fingerprint density at radius 1 is 0.826 bits per heavy atom. The minimum atomic E-state index is -3.03. The average molecular weight is 343 g/mol. The zero-order valence-corrected chi connectivity index (χ0v) is 14.7. The predicted molar refractivity (Wildman–Crippen MR) is 99.2 cm³/mol. The minimum Gasteiger partial charge on any atom is -0.307 e. The van der Waals surface area contributed by atoms with E-state index < -0.39 is 7.14 Å². The van der Waals surface area contributed by atoms with E-state index in [1.54, 1.807) is 0 Å². The summed E-state index contributed by atoms with van der Waals surface area (Å²) in [7, 11) is -3.03. The maximum atomic E-state index is 13.9. The van der Waals surface area contributed by atoms with Crippen molar-refractivity contribution >= 4 is 29.4 Å². The lowest BCUT2D eigenvalue weighted by Gasteiger charge is -2.18. The first-order valence-corrected chi connectivity index (χ1v) is 10.2. The summed E-state index contributed by atoms with van der Waals surface area (Å²) in [5, 5.41) is 1.53. The van der Waals surface area contributed by atoms with Crippen LogP contribution in [0.3, 0.4) is 0 Å². The summed E-state index contributed by atoms with van der Waals surface area (Å²) in [6.45, 7) is 0. The van der Waals surface area contributed by atoms with Crippen LogP contribution in [0.15, 0.2) is 76.7 Å². The fourth-order valence-corrected chi connectivity index (χ4v) is 5.95. The van der Waals surface area contributed by atoms with Crippen LogP contribution in [-0.2, 0) is 4.57 Å². The number of allylic oxidation sites excluding steroid dienone is 1. The first-order valence-electron chi connectivity index (χ1n) is 8.07. The van der Waals surface area contributed by atoms with Crippen LogP contribution in [-0.4, -0.2) is 0 Å². The molecule has 2 aromatic rings. The molecule has 1 aliphatic carbocycles. The summed E-state index contributed by atoms with van der Waals surface area (Å²) in [4.78, 5) is 0. The van der Waals surface area contributed by atoms with Gasteiger partial charge in [-0.05, 0) is 31.3 Å². The zero-order valence-electron chi connectivity index (χ0n) is 13.0. The van der Waals surface area contributed by atoms with Crippen molar-refractivity contribution in [3.05, 3.63) is 76.7 Å². The van der Waals surface area contributed by atoms with Gasteiger partial charge in [0.1, 0.15) is 4.77 Å². The highest BCUT2D eigenvalue weighted by atomic mass is 35.5. The van der Waals surface area contributed by atoms with Crippen LogP contribution in [0.1, 0.15) is 32.1 Å². The molecule has 0 aliphatic heterocycles. The summed E-state index contributed by atoms with van der Waals surface area (Å²) in [6, 6.07) is 19.0. The van der Waals surface area contributed by atoms with Crippen LogP contribution in [0.4, 0.5) is 0 Å². The SMILES string of the molecule is O=P(C(Cl)=C=C1CCCCC1)(c1ccccc1)c1ccccc1. The van der Waals surface area contributed by atoms with Crippen LogP contribution < -0.4 is 10.6 Å². The third kappa shape index (κ3) is 3.54. The third-order valence-electron chi connectivity index (χ3n) is 4.25. The van der Waals surface area contributed by atoms with Crippen LogP contribution >= 0.6 is 18.7 Å². The van der Waals surface area contributed by atoms with Gasteiger partial charge in [-0.3, -0.25) is 0 Å². The molecule has 0 atom stereocenters. The second-order valence-corrected chi connectivity index (χ2v) is 9.20. The molecule has 0 radical (unpaired) electrons.